The van der Waals surface area contributed by atoms with Gasteiger partial charge in [0.2, 0.25) is 0 Å². The highest BCUT2D eigenvalue weighted by molar-refractivity contribution is 5.96. The largest absolute Gasteiger partial charge is 0.489 e. The molecule has 0 saturated carbocycles. The zero-order valence-electron chi connectivity index (χ0n) is 11.4. The molecule has 0 amide bonds. The minimum atomic E-state index is 0.120. The van der Waals surface area contributed by atoms with Crippen LogP contribution in [0.25, 0.3) is 0 Å². The number of carbonyl (C=O) groups excluding carboxylic acids is 1. The predicted molar refractivity (Wildman–Crippen MR) is 81.0 cm³/mol. The standard InChI is InChI=1S/C18H18O2/c1-2-3-12-18(19)16-10-7-11-17(13-16)20-14-15-8-5-4-6-9-15/h2,4-11,13H,1,3,12,14H2. The summed E-state index contributed by atoms with van der Waals surface area (Å²) < 4.78 is 5.71. The number of ketones is 1. The first kappa shape index (κ1) is 14.1. The summed E-state index contributed by atoms with van der Waals surface area (Å²) in [6.45, 7) is 4.14. The van der Waals surface area contributed by atoms with E-state index in [1.807, 2.05) is 48.5 Å². The SMILES string of the molecule is C=CCCC(=O)c1cccc(OCc2ccccc2)c1. The summed E-state index contributed by atoms with van der Waals surface area (Å²) in [6, 6.07) is 17.3. The molecule has 20 heavy (non-hydrogen) atoms. The number of Topliss-reactive ketones (excluding diaryl/α,β-unsaturated/α-hetero) is 1. The van der Waals surface area contributed by atoms with Gasteiger partial charge < -0.3 is 4.74 Å². The van der Waals surface area contributed by atoms with E-state index in [4.69, 9.17) is 4.74 Å². The van der Waals surface area contributed by atoms with Gasteiger partial charge in [0.15, 0.2) is 5.78 Å². The fourth-order valence-electron chi connectivity index (χ4n) is 1.88. The van der Waals surface area contributed by atoms with Crippen molar-refractivity contribution in [1.29, 1.82) is 0 Å². The lowest BCUT2D eigenvalue weighted by atomic mass is 10.1. The highest BCUT2D eigenvalue weighted by Crippen LogP contribution is 2.17. The van der Waals surface area contributed by atoms with Crippen molar-refractivity contribution in [1.82, 2.24) is 0 Å². The van der Waals surface area contributed by atoms with E-state index in [-0.39, 0.29) is 5.78 Å². The summed E-state index contributed by atoms with van der Waals surface area (Å²) in [4.78, 5) is 11.9. The lowest BCUT2D eigenvalue weighted by molar-refractivity contribution is 0.0983. The van der Waals surface area contributed by atoms with Gasteiger partial charge in [-0.15, -0.1) is 6.58 Å². The third-order valence-electron chi connectivity index (χ3n) is 2.98. The van der Waals surface area contributed by atoms with Crippen LogP contribution in [0.2, 0.25) is 0 Å². The quantitative estimate of drug-likeness (QED) is 0.548. The van der Waals surface area contributed by atoms with Crippen LogP contribution < -0.4 is 4.74 Å². The normalized spacial score (nSPS) is 10.0. The Morgan fingerprint density at radius 2 is 1.90 bits per heavy atom. The van der Waals surface area contributed by atoms with Gasteiger partial charge in [0.05, 0.1) is 0 Å². The van der Waals surface area contributed by atoms with Crippen molar-refractivity contribution in [2.75, 3.05) is 0 Å². The van der Waals surface area contributed by atoms with Crippen LogP contribution in [-0.4, -0.2) is 5.78 Å². The first-order chi connectivity index (χ1) is 9.79. The average Bonchev–Trinajstić information content (AvgIpc) is 2.52. The number of carbonyl (C=O) groups is 1. The Balaban J connectivity index is 1.99. The maximum atomic E-state index is 11.9. The van der Waals surface area contributed by atoms with Crippen LogP contribution in [0.1, 0.15) is 28.8 Å². The zero-order chi connectivity index (χ0) is 14.2. The van der Waals surface area contributed by atoms with Crippen LogP contribution in [0.4, 0.5) is 0 Å². The monoisotopic (exact) mass is 266 g/mol. The molecule has 0 atom stereocenters. The van der Waals surface area contributed by atoms with Crippen LogP contribution in [0.15, 0.2) is 67.3 Å². The Morgan fingerprint density at radius 1 is 1.10 bits per heavy atom. The molecule has 0 aliphatic heterocycles. The van der Waals surface area contributed by atoms with Crippen molar-refractivity contribution in [3.63, 3.8) is 0 Å². The number of allylic oxidation sites excluding steroid dienone is 1. The van der Waals surface area contributed by atoms with Crippen molar-refractivity contribution in [3.8, 4) is 5.75 Å². The summed E-state index contributed by atoms with van der Waals surface area (Å²) in [5, 5.41) is 0. The molecular weight excluding hydrogens is 248 g/mol. The molecule has 0 N–H and O–H groups in total. The van der Waals surface area contributed by atoms with Crippen LogP contribution in [-0.2, 0) is 6.61 Å². The first-order valence-corrected chi connectivity index (χ1v) is 6.70. The predicted octanol–water partition coefficient (Wildman–Crippen LogP) is 4.41. The third kappa shape index (κ3) is 4.09. The van der Waals surface area contributed by atoms with Crippen molar-refractivity contribution in [3.05, 3.63) is 78.4 Å². The first-order valence-electron chi connectivity index (χ1n) is 6.70. The number of hydrogen-bond donors (Lipinski definition) is 0. The smallest absolute Gasteiger partial charge is 0.163 e. The number of rotatable bonds is 7. The average molecular weight is 266 g/mol. The third-order valence-corrected chi connectivity index (χ3v) is 2.98. The van der Waals surface area contributed by atoms with Crippen LogP contribution in [0.5, 0.6) is 5.75 Å². The van der Waals surface area contributed by atoms with Crippen LogP contribution in [0, 0.1) is 0 Å². The second-order valence-electron chi connectivity index (χ2n) is 4.55. The maximum absolute atomic E-state index is 11.9. The summed E-state index contributed by atoms with van der Waals surface area (Å²) in [7, 11) is 0. The number of hydrogen-bond acceptors (Lipinski definition) is 2. The van der Waals surface area contributed by atoms with Crippen molar-refractivity contribution in [2.24, 2.45) is 0 Å². The van der Waals surface area contributed by atoms with Gasteiger partial charge >= 0.3 is 0 Å². The Bertz CT molecular complexity index is 573. The van der Waals surface area contributed by atoms with Gasteiger partial charge in [0.25, 0.3) is 0 Å². The molecule has 2 aromatic carbocycles. The highest BCUT2D eigenvalue weighted by atomic mass is 16.5. The summed E-state index contributed by atoms with van der Waals surface area (Å²) in [6.07, 6.45) is 2.95. The molecular formula is C18H18O2. The van der Waals surface area contributed by atoms with E-state index < -0.39 is 0 Å². The summed E-state index contributed by atoms with van der Waals surface area (Å²) in [5.74, 6) is 0.841. The van der Waals surface area contributed by atoms with Crippen LogP contribution in [0.3, 0.4) is 0 Å². The van der Waals surface area contributed by atoms with Crippen molar-refractivity contribution >= 4 is 5.78 Å². The van der Waals surface area contributed by atoms with E-state index in [2.05, 4.69) is 6.58 Å². The Morgan fingerprint density at radius 3 is 2.65 bits per heavy atom. The minimum Gasteiger partial charge on any atom is -0.489 e. The van der Waals surface area contributed by atoms with Crippen molar-refractivity contribution in [2.45, 2.75) is 19.4 Å². The summed E-state index contributed by atoms with van der Waals surface area (Å²) in [5.41, 5.74) is 1.80. The fourth-order valence-corrected chi connectivity index (χ4v) is 1.88. The van der Waals surface area contributed by atoms with Gasteiger partial charge in [0.1, 0.15) is 12.4 Å². The molecule has 0 saturated heterocycles. The molecule has 0 fully saturated rings. The van der Waals surface area contributed by atoms with E-state index >= 15 is 0 Å². The lowest BCUT2D eigenvalue weighted by Gasteiger charge is -2.07. The fraction of sp³-hybridized carbons (Fsp3) is 0.167. The highest BCUT2D eigenvalue weighted by Gasteiger charge is 2.06. The molecule has 2 aromatic rings. The summed E-state index contributed by atoms with van der Waals surface area (Å²) >= 11 is 0. The van der Waals surface area contributed by atoms with Gasteiger partial charge in [-0.1, -0.05) is 48.5 Å². The van der Waals surface area contributed by atoms with Crippen molar-refractivity contribution < 1.29 is 9.53 Å². The van der Waals surface area contributed by atoms with E-state index in [0.29, 0.717) is 25.0 Å². The molecule has 0 aliphatic rings. The van der Waals surface area contributed by atoms with Gasteiger partial charge in [-0.2, -0.15) is 0 Å². The van der Waals surface area contributed by atoms with Gasteiger partial charge in [-0.3, -0.25) is 4.79 Å². The number of ether oxygens (including phenoxy) is 1. The number of benzene rings is 2. The molecule has 2 rings (SSSR count). The topological polar surface area (TPSA) is 26.3 Å². The molecule has 2 heteroatoms. The molecule has 102 valence electrons. The second-order valence-corrected chi connectivity index (χ2v) is 4.55. The molecule has 0 heterocycles. The Kier molecular flexibility index (Phi) is 5.13. The second kappa shape index (κ2) is 7.29. The molecule has 0 unspecified atom stereocenters. The molecule has 0 aliphatic carbocycles. The van der Waals surface area contributed by atoms with E-state index in [1.54, 1.807) is 12.1 Å². The van der Waals surface area contributed by atoms with Gasteiger partial charge in [0, 0.05) is 12.0 Å². The lowest BCUT2D eigenvalue weighted by Crippen LogP contribution is -2.00. The van der Waals surface area contributed by atoms with Crippen LogP contribution >= 0.6 is 0 Å². The van der Waals surface area contributed by atoms with E-state index in [9.17, 15) is 4.79 Å². The molecule has 0 spiro atoms. The Labute approximate surface area is 119 Å². The zero-order valence-corrected chi connectivity index (χ0v) is 11.4. The maximum Gasteiger partial charge on any atom is 0.163 e. The van der Waals surface area contributed by atoms with E-state index in [1.165, 1.54) is 0 Å². The minimum absolute atomic E-state index is 0.120. The Hall–Kier alpha value is -2.35. The van der Waals surface area contributed by atoms with Gasteiger partial charge in [-0.25, -0.2) is 0 Å². The molecule has 0 aromatic heterocycles. The molecule has 2 nitrogen and oxygen atoms in total. The van der Waals surface area contributed by atoms with E-state index in [0.717, 1.165) is 11.3 Å². The molecule has 0 bridgehead atoms. The molecule has 0 radical (unpaired) electrons. The van der Waals surface area contributed by atoms with Gasteiger partial charge in [-0.05, 0) is 24.1 Å².